The van der Waals surface area contributed by atoms with Crippen molar-refractivity contribution in [3.05, 3.63) is 0 Å². The van der Waals surface area contributed by atoms with Crippen molar-refractivity contribution in [1.29, 1.82) is 0 Å². The lowest BCUT2D eigenvalue weighted by Crippen LogP contribution is -2.48. The SMILES string of the molecule is CCC1OC(OCCOCCN)CC(O)C1O. The van der Waals surface area contributed by atoms with Crippen molar-refractivity contribution < 1.29 is 24.4 Å². The number of aliphatic hydroxyl groups excluding tert-OH is 2. The molecule has 6 nitrogen and oxygen atoms in total. The largest absolute Gasteiger partial charge is 0.390 e. The van der Waals surface area contributed by atoms with E-state index in [1.165, 1.54) is 0 Å². The normalized spacial score (nSPS) is 33.9. The molecular weight excluding hydrogens is 226 g/mol. The first kappa shape index (κ1) is 14.8. The van der Waals surface area contributed by atoms with Crippen LogP contribution in [0.1, 0.15) is 19.8 Å². The molecule has 4 atom stereocenters. The van der Waals surface area contributed by atoms with E-state index in [1.807, 2.05) is 6.92 Å². The van der Waals surface area contributed by atoms with Gasteiger partial charge in [0.05, 0.1) is 32.0 Å². The molecule has 0 aromatic rings. The molecule has 1 fully saturated rings. The van der Waals surface area contributed by atoms with E-state index in [0.717, 1.165) is 0 Å². The Hall–Kier alpha value is -0.240. The van der Waals surface area contributed by atoms with Crippen LogP contribution < -0.4 is 5.73 Å². The predicted molar refractivity (Wildman–Crippen MR) is 61.4 cm³/mol. The van der Waals surface area contributed by atoms with Crippen LogP contribution in [0.2, 0.25) is 0 Å². The minimum absolute atomic E-state index is 0.286. The molecular formula is C11H23NO5. The second-order valence-corrected chi connectivity index (χ2v) is 4.08. The number of rotatable bonds is 7. The number of hydrogen-bond donors (Lipinski definition) is 3. The smallest absolute Gasteiger partial charge is 0.160 e. The molecule has 1 heterocycles. The lowest BCUT2D eigenvalue weighted by atomic mass is 10.00. The van der Waals surface area contributed by atoms with Gasteiger partial charge in [0.15, 0.2) is 6.29 Å². The zero-order chi connectivity index (χ0) is 12.7. The van der Waals surface area contributed by atoms with Crippen molar-refractivity contribution in [1.82, 2.24) is 0 Å². The number of ether oxygens (including phenoxy) is 3. The third-order valence-electron chi connectivity index (χ3n) is 2.73. The summed E-state index contributed by atoms with van der Waals surface area (Å²) in [5.41, 5.74) is 5.27. The van der Waals surface area contributed by atoms with E-state index < -0.39 is 18.5 Å². The molecule has 6 heteroatoms. The van der Waals surface area contributed by atoms with E-state index in [9.17, 15) is 10.2 Å². The third-order valence-corrected chi connectivity index (χ3v) is 2.73. The van der Waals surface area contributed by atoms with Crippen LogP contribution in [0, 0.1) is 0 Å². The molecule has 17 heavy (non-hydrogen) atoms. The molecule has 0 saturated carbocycles. The molecule has 1 rings (SSSR count). The highest BCUT2D eigenvalue weighted by Gasteiger charge is 2.35. The Morgan fingerprint density at radius 1 is 1.29 bits per heavy atom. The van der Waals surface area contributed by atoms with Gasteiger partial charge in [0.1, 0.15) is 6.10 Å². The fraction of sp³-hybridized carbons (Fsp3) is 1.00. The highest BCUT2D eigenvalue weighted by atomic mass is 16.7. The predicted octanol–water partition coefficient (Wildman–Crippen LogP) is -0.775. The average Bonchev–Trinajstić information content (AvgIpc) is 2.33. The first-order chi connectivity index (χ1) is 8.19. The summed E-state index contributed by atoms with van der Waals surface area (Å²) in [6, 6.07) is 0. The quantitative estimate of drug-likeness (QED) is 0.513. The first-order valence-electron chi connectivity index (χ1n) is 6.10. The fourth-order valence-corrected chi connectivity index (χ4v) is 1.78. The summed E-state index contributed by atoms with van der Waals surface area (Å²) >= 11 is 0. The lowest BCUT2D eigenvalue weighted by molar-refractivity contribution is -0.253. The number of nitrogens with two attached hydrogens (primary N) is 1. The Kier molecular flexibility index (Phi) is 6.94. The summed E-state index contributed by atoms with van der Waals surface area (Å²) in [5, 5.41) is 19.3. The molecule has 0 amide bonds. The maximum atomic E-state index is 9.63. The van der Waals surface area contributed by atoms with Crippen LogP contribution in [0.25, 0.3) is 0 Å². The molecule has 1 saturated heterocycles. The van der Waals surface area contributed by atoms with E-state index in [0.29, 0.717) is 32.8 Å². The van der Waals surface area contributed by atoms with Gasteiger partial charge in [0, 0.05) is 13.0 Å². The Bertz CT molecular complexity index is 204. The van der Waals surface area contributed by atoms with Gasteiger partial charge in [-0.25, -0.2) is 0 Å². The number of hydrogen-bond acceptors (Lipinski definition) is 6. The summed E-state index contributed by atoms with van der Waals surface area (Å²) in [5.74, 6) is 0. The van der Waals surface area contributed by atoms with Gasteiger partial charge in [-0.1, -0.05) is 6.92 Å². The Morgan fingerprint density at radius 2 is 2.06 bits per heavy atom. The van der Waals surface area contributed by atoms with E-state index >= 15 is 0 Å². The van der Waals surface area contributed by atoms with Gasteiger partial charge in [0.25, 0.3) is 0 Å². The van der Waals surface area contributed by atoms with Crippen LogP contribution in [-0.2, 0) is 14.2 Å². The van der Waals surface area contributed by atoms with Gasteiger partial charge < -0.3 is 30.2 Å². The molecule has 0 aromatic carbocycles. The summed E-state index contributed by atoms with van der Waals surface area (Å²) in [4.78, 5) is 0. The van der Waals surface area contributed by atoms with Crippen molar-refractivity contribution in [2.75, 3.05) is 26.4 Å². The van der Waals surface area contributed by atoms with Crippen LogP contribution in [0.5, 0.6) is 0 Å². The molecule has 0 bridgehead atoms. The standard InChI is InChI=1S/C11H23NO5/c1-2-9-11(14)8(13)7-10(17-9)16-6-5-15-4-3-12/h8-11,13-14H,2-7,12H2,1H3. The van der Waals surface area contributed by atoms with Gasteiger partial charge in [0.2, 0.25) is 0 Å². The molecule has 102 valence electrons. The maximum absolute atomic E-state index is 9.63. The molecule has 0 spiro atoms. The van der Waals surface area contributed by atoms with Gasteiger partial charge >= 0.3 is 0 Å². The van der Waals surface area contributed by atoms with Gasteiger partial charge in [-0.2, -0.15) is 0 Å². The molecule has 0 aliphatic carbocycles. The Balaban J connectivity index is 2.20. The van der Waals surface area contributed by atoms with Gasteiger partial charge in [-0.15, -0.1) is 0 Å². The van der Waals surface area contributed by atoms with Crippen LogP contribution >= 0.6 is 0 Å². The van der Waals surface area contributed by atoms with Crippen molar-refractivity contribution >= 4 is 0 Å². The average molecular weight is 249 g/mol. The Morgan fingerprint density at radius 3 is 2.71 bits per heavy atom. The van der Waals surface area contributed by atoms with Crippen LogP contribution in [0.4, 0.5) is 0 Å². The van der Waals surface area contributed by atoms with Crippen molar-refractivity contribution in [2.45, 2.75) is 44.4 Å². The van der Waals surface area contributed by atoms with E-state index in [2.05, 4.69) is 0 Å². The zero-order valence-corrected chi connectivity index (χ0v) is 10.2. The summed E-state index contributed by atoms with van der Waals surface area (Å²) in [7, 11) is 0. The van der Waals surface area contributed by atoms with E-state index in [4.69, 9.17) is 19.9 Å². The van der Waals surface area contributed by atoms with Crippen LogP contribution in [0.3, 0.4) is 0 Å². The molecule has 1 aliphatic heterocycles. The second-order valence-electron chi connectivity index (χ2n) is 4.08. The highest BCUT2D eigenvalue weighted by molar-refractivity contribution is 4.81. The van der Waals surface area contributed by atoms with E-state index in [1.54, 1.807) is 0 Å². The van der Waals surface area contributed by atoms with Crippen molar-refractivity contribution in [2.24, 2.45) is 5.73 Å². The van der Waals surface area contributed by atoms with Crippen LogP contribution in [-0.4, -0.2) is 61.2 Å². The van der Waals surface area contributed by atoms with Gasteiger partial charge in [-0.05, 0) is 6.42 Å². The zero-order valence-electron chi connectivity index (χ0n) is 10.2. The second kappa shape index (κ2) is 7.97. The van der Waals surface area contributed by atoms with Crippen LogP contribution in [0.15, 0.2) is 0 Å². The summed E-state index contributed by atoms with van der Waals surface area (Å²) < 4.78 is 16.1. The number of aliphatic hydroxyl groups is 2. The van der Waals surface area contributed by atoms with E-state index in [-0.39, 0.29) is 12.5 Å². The molecule has 1 aliphatic rings. The monoisotopic (exact) mass is 249 g/mol. The fourth-order valence-electron chi connectivity index (χ4n) is 1.78. The topological polar surface area (TPSA) is 94.2 Å². The molecule has 4 unspecified atom stereocenters. The maximum Gasteiger partial charge on any atom is 0.160 e. The minimum atomic E-state index is -0.826. The summed E-state index contributed by atoms with van der Waals surface area (Å²) in [6.45, 7) is 3.74. The molecule has 0 radical (unpaired) electrons. The lowest BCUT2D eigenvalue weighted by Gasteiger charge is -2.36. The first-order valence-corrected chi connectivity index (χ1v) is 6.10. The molecule has 0 aromatic heterocycles. The van der Waals surface area contributed by atoms with Crippen molar-refractivity contribution in [3.8, 4) is 0 Å². The third kappa shape index (κ3) is 4.87. The minimum Gasteiger partial charge on any atom is -0.390 e. The molecule has 4 N–H and O–H groups in total. The summed E-state index contributed by atoms with van der Waals surface area (Å²) in [6.07, 6.45) is -1.53. The highest BCUT2D eigenvalue weighted by Crippen LogP contribution is 2.22. The van der Waals surface area contributed by atoms with Gasteiger partial charge in [-0.3, -0.25) is 0 Å². The Labute approximate surface area is 102 Å². The van der Waals surface area contributed by atoms with Crippen molar-refractivity contribution in [3.63, 3.8) is 0 Å².